The first-order valence-corrected chi connectivity index (χ1v) is 8.90. The molecule has 0 radical (unpaired) electrons. The molecular weight excluding hydrogens is 264 g/mol. The van der Waals surface area contributed by atoms with Crippen LogP contribution in [0.25, 0.3) is 0 Å². The minimum Gasteiger partial charge on any atom is -0.480 e. The molecule has 4 nitrogen and oxygen atoms in total. The van der Waals surface area contributed by atoms with E-state index in [2.05, 4.69) is 10.2 Å². The highest BCUT2D eigenvalue weighted by molar-refractivity contribution is 5.79. The van der Waals surface area contributed by atoms with E-state index >= 15 is 0 Å². The quantitative estimate of drug-likeness (QED) is 0.837. The second-order valence-corrected chi connectivity index (χ2v) is 7.31. The third kappa shape index (κ3) is 2.85. The summed E-state index contributed by atoms with van der Waals surface area (Å²) in [5.41, 5.74) is -0.676. The van der Waals surface area contributed by atoms with Gasteiger partial charge in [-0.2, -0.15) is 0 Å². The lowest BCUT2D eigenvalue weighted by Crippen LogP contribution is -2.59. The number of aliphatic carboxylic acids is 1. The van der Waals surface area contributed by atoms with E-state index in [1.165, 1.54) is 45.1 Å². The molecular formula is C17H30N2O2. The molecule has 21 heavy (non-hydrogen) atoms. The SMILES string of the molecule is CCNC1(C(=O)O)CCCC(N2CCC3CCCCC32)C1. The molecule has 0 amide bonds. The van der Waals surface area contributed by atoms with Gasteiger partial charge in [0.05, 0.1) is 0 Å². The molecule has 1 heterocycles. The molecule has 3 rings (SSSR count). The Hall–Kier alpha value is -0.610. The van der Waals surface area contributed by atoms with E-state index in [0.717, 1.165) is 37.8 Å². The molecule has 0 spiro atoms. The predicted molar refractivity (Wildman–Crippen MR) is 83.4 cm³/mol. The number of hydrogen-bond donors (Lipinski definition) is 2. The van der Waals surface area contributed by atoms with Gasteiger partial charge in [0.15, 0.2) is 0 Å². The molecule has 1 aliphatic heterocycles. The Morgan fingerprint density at radius 3 is 2.81 bits per heavy atom. The van der Waals surface area contributed by atoms with Crippen molar-refractivity contribution in [2.24, 2.45) is 5.92 Å². The number of rotatable bonds is 4. The van der Waals surface area contributed by atoms with Crippen LogP contribution in [-0.4, -0.2) is 46.7 Å². The van der Waals surface area contributed by atoms with Gasteiger partial charge < -0.3 is 10.4 Å². The van der Waals surface area contributed by atoms with Gasteiger partial charge in [0, 0.05) is 12.1 Å². The topological polar surface area (TPSA) is 52.6 Å². The lowest BCUT2D eigenvalue weighted by molar-refractivity contribution is -0.147. The lowest BCUT2D eigenvalue weighted by Gasteiger charge is -2.44. The van der Waals surface area contributed by atoms with Crippen LogP contribution >= 0.6 is 0 Å². The second kappa shape index (κ2) is 6.25. The fourth-order valence-corrected chi connectivity index (χ4v) is 5.19. The molecule has 1 saturated heterocycles. The van der Waals surface area contributed by atoms with E-state index in [-0.39, 0.29) is 0 Å². The van der Waals surface area contributed by atoms with E-state index in [1.807, 2.05) is 6.92 Å². The zero-order valence-corrected chi connectivity index (χ0v) is 13.3. The van der Waals surface area contributed by atoms with Gasteiger partial charge in [-0.3, -0.25) is 9.69 Å². The summed E-state index contributed by atoms with van der Waals surface area (Å²) in [7, 11) is 0. The van der Waals surface area contributed by atoms with Crippen molar-refractivity contribution >= 4 is 5.97 Å². The zero-order valence-electron chi connectivity index (χ0n) is 13.3. The van der Waals surface area contributed by atoms with Crippen molar-refractivity contribution in [3.8, 4) is 0 Å². The third-order valence-electron chi connectivity index (χ3n) is 6.17. The second-order valence-electron chi connectivity index (χ2n) is 7.31. The molecule has 4 heteroatoms. The van der Waals surface area contributed by atoms with Crippen LogP contribution in [0.15, 0.2) is 0 Å². The van der Waals surface area contributed by atoms with Gasteiger partial charge in [-0.05, 0) is 64.0 Å². The number of likely N-dealkylation sites (N-methyl/N-ethyl adjacent to an activating group) is 1. The third-order valence-corrected chi connectivity index (χ3v) is 6.17. The number of likely N-dealkylation sites (tertiary alicyclic amines) is 1. The Morgan fingerprint density at radius 2 is 2.05 bits per heavy atom. The number of carboxylic acids is 1. The summed E-state index contributed by atoms with van der Waals surface area (Å²) >= 11 is 0. The minimum atomic E-state index is -0.676. The minimum absolute atomic E-state index is 0.474. The maximum Gasteiger partial charge on any atom is 0.323 e. The Bertz CT molecular complexity index is 383. The monoisotopic (exact) mass is 294 g/mol. The van der Waals surface area contributed by atoms with Gasteiger partial charge in [0.1, 0.15) is 5.54 Å². The van der Waals surface area contributed by atoms with Gasteiger partial charge in [-0.25, -0.2) is 0 Å². The molecule has 2 saturated carbocycles. The summed E-state index contributed by atoms with van der Waals surface area (Å²) in [5, 5.41) is 13.0. The van der Waals surface area contributed by atoms with Crippen LogP contribution < -0.4 is 5.32 Å². The first-order valence-electron chi connectivity index (χ1n) is 8.90. The average molecular weight is 294 g/mol. The molecule has 3 aliphatic rings. The van der Waals surface area contributed by atoms with Crippen LogP contribution in [0.4, 0.5) is 0 Å². The molecule has 0 aromatic heterocycles. The van der Waals surface area contributed by atoms with Crippen molar-refractivity contribution in [1.29, 1.82) is 0 Å². The summed E-state index contributed by atoms with van der Waals surface area (Å²) in [6.45, 7) is 3.95. The lowest BCUT2D eigenvalue weighted by atomic mass is 9.77. The Labute approximate surface area is 128 Å². The van der Waals surface area contributed by atoms with Crippen LogP contribution in [0.3, 0.4) is 0 Å². The molecule has 2 N–H and O–H groups in total. The standard InChI is InChI=1S/C17H30N2O2/c1-2-18-17(16(20)21)10-5-7-14(12-17)19-11-9-13-6-3-4-8-15(13)19/h13-15,18H,2-12H2,1H3,(H,20,21). The largest absolute Gasteiger partial charge is 0.480 e. The van der Waals surface area contributed by atoms with Gasteiger partial charge in [-0.15, -0.1) is 0 Å². The molecule has 2 aliphatic carbocycles. The molecule has 3 fully saturated rings. The maximum absolute atomic E-state index is 11.8. The fraction of sp³-hybridized carbons (Fsp3) is 0.941. The number of nitrogens with one attached hydrogen (secondary N) is 1. The maximum atomic E-state index is 11.8. The molecule has 0 aromatic rings. The molecule has 0 aromatic carbocycles. The van der Waals surface area contributed by atoms with E-state index in [9.17, 15) is 9.90 Å². The van der Waals surface area contributed by atoms with Crippen molar-refractivity contribution < 1.29 is 9.90 Å². The normalized spacial score (nSPS) is 40.9. The highest BCUT2D eigenvalue weighted by Gasteiger charge is 2.47. The molecule has 4 unspecified atom stereocenters. The van der Waals surface area contributed by atoms with Gasteiger partial charge in [0.2, 0.25) is 0 Å². The van der Waals surface area contributed by atoms with Crippen LogP contribution in [0.5, 0.6) is 0 Å². The summed E-state index contributed by atoms with van der Waals surface area (Å²) in [6, 6.07) is 1.22. The Balaban J connectivity index is 1.72. The van der Waals surface area contributed by atoms with Gasteiger partial charge >= 0.3 is 5.97 Å². The summed E-state index contributed by atoms with van der Waals surface area (Å²) in [5.74, 6) is 0.243. The number of hydrogen-bond acceptors (Lipinski definition) is 3. The zero-order chi connectivity index (χ0) is 14.9. The Morgan fingerprint density at radius 1 is 1.24 bits per heavy atom. The highest BCUT2D eigenvalue weighted by atomic mass is 16.4. The number of nitrogens with zero attached hydrogens (tertiary/aromatic N) is 1. The van der Waals surface area contributed by atoms with Crippen molar-refractivity contribution in [2.45, 2.75) is 82.3 Å². The fourth-order valence-electron chi connectivity index (χ4n) is 5.19. The Kier molecular flexibility index (Phi) is 4.55. The van der Waals surface area contributed by atoms with E-state index in [4.69, 9.17) is 0 Å². The summed E-state index contributed by atoms with van der Waals surface area (Å²) < 4.78 is 0. The van der Waals surface area contributed by atoms with Crippen molar-refractivity contribution in [1.82, 2.24) is 10.2 Å². The van der Waals surface area contributed by atoms with Crippen LogP contribution in [0.2, 0.25) is 0 Å². The van der Waals surface area contributed by atoms with Crippen LogP contribution in [-0.2, 0) is 4.79 Å². The van der Waals surface area contributed by atoms with Crippen molar-refractivity contribution in [3.05, 3.63) is 0 Å². The van der Waals surface area contributed by atoms with Crippen molar-refractivity contribution in [2.75, 3.05) is 13.1 Å². The molecule has 0 bridgehead atoms. The predicted octanol–water partition coefficient (Wildman–Crippen LogP) is 2.63. The van der Waals surface area contributed by atoms with Crippen LogP contribution in [0.1, 0.15) is 64.7 Å². The molecule has 120 valence electrons. The average Bonchev–Trinajstić information content (AvgIpc) is 2.91. The van der Waals surface area contributed by atoms with Crippen molar-refractivity contribution in [3.63, 3.8) is 0 Å². The van der Waals surface area contributed by atoms with E-state index < -0.39 is 11.5 Å². The van der Waals surface area contributed by atoms with Gasteiger partial charge in [-0.1, -0.05) is 19.8 Å². The molecule has 4 atom stereocenters. The number of fused-ring (bicyclic) bond motifs is 1. The van der Waals surface area contributed by atoms with E-state index in [0.29, 0.717) is 6.04 Å². The highest BCUT2D eigenvalue weighted by Crippen LogP contribution is 2.41. The summed E-state index contributed by atoms with van der Waals surface area (Å²) in [6.07, 6.45) is 10.6. The van der Waals surface area contributed by atoms with Crippen LogP contribution in [0, 0.1) is 5.92 Å². The van der Waals surface area contributed by atoms with Gasteiger partial charge in [0.25, 0.3) is 0 Å². The number of carbonyl (C=O) groups is 1. The first-order chi connectivity index (χ1) is 10.2. The smallest absolute Gasteiger partial charge is 0.323 e. The summed E-state index contributed by atoms with van der Waals surface area (Å²) in [4.78, 5) is 14.5. The van der Waals surface area contributed by atoms with E-state index in [1.54, 1.807) is 0 Å². The first kappa shape index (κ1) is 15.3. The number of carboxylic acid groups (broad SMARTS) is 1.